The summed E-state index contributed by atoms with van der Waals surface area (Å²) in [7, 11) is 0. The first-order chi connectivity index (χ1) is 7.40. The van der Waals surface area contributed by atoms with Gasteiger partial charge in [-0.1, -0.05) is 43.7 Å². The van der Waals surface area contributed by atoms with Crippen molar-refractivity contribution in [3.63, 3.8) is 0 Å². The number of aromatic nitrogens is 2. The highest BCUT2D eigenvalue weighted by Gasteiger charge is 2.02. The van der Waals surface area contributed by atoms with Crippen molar-refractivity contribution < 1.29 is 0 Å². The topological polar surface area (TPSA) is 28.7 Å². The summed E-state index contributed by atoms with van der Waals surface area (Å²) < 4.78 is 0. The molecule has 2 nitrogen and oxygen atoms in total. The predicted molar refractivity (Wildman–Crippen MR) is 62.6 cm³/mol. The minimum absolute atomic E-state index is 1.04. The average molecular weight is 200 g/mol. The summed E-state index contributed by atoms with van der Waals surface area (Å²) in [5.74, 6) is 0. The molecule has 0 aliphatic heterocycles. The first-order valence-corrected chi connectivity index (χ1v) is 5.50. The number of benzene rings is 1. The normalized spacial score (nSPS) is 10.5. The van der Waals surface area contributed by atoms with E-state index in [2.05, 4.69) is 35.3 Å². The van der Waals surface area contributed by atoms with E-state index in [4.69, 9.17) is 0 Å². The highest BCUT2D eigenvalue weighted by atomic mass is 15.1. The largest absolute Gasteiger partial charge is 0.282 e. The third-order valence-electron chi connectivity index (χ3n) is 2.50. The van der Waals surface area contributed by atoms with Crippen LogP contribution in [0.15, 0.2) is 36.4 Å². The Balaban J connectivity index is 2.14. The fraction of sp³-hybridized carbons (Fsp3) is 0.308. The highest BCUT2D eigenvalue weighted by molar-refractivity contribution is 5.58. The maximum absolute atomic E-state index is 4.31. The number of aromatic amines is 1. The van der Waals surface area contributed by atoms with Gasteiger partial charge < -0.3 is 0 Å². The Kier molecular flexibility index (Phi) is 3.18. The van der Waals surface area contributed by atoms with E-state index in [0.717, 1.165) is 12.1 Å². The van der Waals surface area contributed by atoms with Crippen LogP contribution < -0.4 is 0 Å². The van der Waals surface area contributed by atoms with Crippen molar-refractivity contribution in [2.75, 3.05) is 0 Å². The van der Waals surface area contributed by atoms with E-state index >= 15 is 0 Å². The highest BCUT2D eigenvalue weighted by Crippen LogP contribution is 2.17. The first kappa shape index (κ1) is 9.97. The Morgan fingerprint density at radius 1 is 1.20 bits per heavy atom. The van der Waals surface area contributed by atoms with Crippen LogP contribution >= 0.6 is 0 Å². The zero-order valence-electron chi connectivity index (χ0n) is 9.03. The molecule has 0 saturated heterocycles. The molecular weight excluding hydrogens is 184 g/mol. The molecule has 0 unspecified atom stereocenters. The van der Waals surface area contributed by atoms with Gasteiger partial charge in [0.15, 0.2) is 0 Å². The maximum Gasteiger partial charge on any atom is 0.0923 e. The molecule has 1 N–H and O–H groups in total. The molecular formula is C13H16N2. The minimum atomic E-state index is 1.04. The molecule has 0 bridgehead atoms. The minimum Gasteiger partial charge on any atom is -0.282 e. The molecule has 0 saturated carbocycles. The lowest BCUT2D eigenvalue weighted by Crippen LogP contribution is -1.83. The van der Waals surface area contributed by atoms with Crippen LogP contribution in [0.5, 0.6) is 0 Å². The van der Waals surface area contributed by atoms with Crippen LogP contribution in [-0.2, 0) is 6.42 Å². The Labute approximate surface area is 90.3 Å². The zero-order valence-corrected chi connectivity index (χ0v) is 9.03. The fourth-order valence-electron chi connectivity index (χ4n) is 1.61. The number of hydrogen-bond donors (Lipinski definition) is 1. The van der Waals surface area contributed by atoms with Crippen LogP contribution in [0.1, 0.15) is 25.5 Å². The summed E-state index contributed by atoms with van der Waals surface area (Å²) >= 11 is 0. The van der Waals surface area contributed by atoms with Crippen LogP contribution in [0.3, 0.4) is 0 Å². The van der Waals surface area contributed by atoms with Crippen molar-refractivity contribution in [1.82, 2.24) is 10.2 Å². The standard InChI is InChI=1S/C13H16N2/c1-2-3-9-12-10-13(15-14-12)11-7-5-4-6-8-11/h4-8,10H,2-3,9H2,1H3,(H,14,15). The Morgan fingerprint density at radius 3 is 2.73 bits per heavy atom. The molecule has 0 atom stereocenters. The maximum atomic E-state index is 4.31. The molecule has 15 heavy (non-hydrogen) atoms. The van der Waals surface area contributed by atoms with Gasteiger partial charge in [0.2, 0.25) is 0 Å². The lowest BCUT2D eigenvalue weighted by molar-refractivity contribution is 0.772. The molecule has 0 amide bonds. The number of hydrogen-bond acceptors (Lipinski definition) is 1. The second-order valence-corrected chi connectivity index (χ2v) is 3.75. The molecule has 2 heteroatoms. The molecule has 1 aromatic heterocycles. The van der Waals surface area contributed by atoms with Gasteiger partial charge in [-0.15, -0.1) is 0 Å². The molecule has 78 valence electrons. The van der Waals surface area contributed by atoms with E-state index < -0.39 is 0 Å². The van der Waals surface area contributed by atoms with Crippen LogP contribution in [0.4, 0.5) is 0 Å². The van der Waals surface area contributed by atoms with Gasteiger partial charge in [-0.05, 0) is 18.9 Å². The summed E-state index contributed by atoms with van der Waals surface area (Å²) in [6, 6.07) is 12.4. The Morgan fingerprint density at radius 2 is 2.00 bits per heavy atom. The van der Waals surface area contributed by atoms with Gasteiger partial charge in [0.05, 0.1) is 5.69 Å². The second kappa shape index (κ2) is 4.78. The summed E-state index contributed by atoms with van der Waals surface area (Å²) in [5.41, 5.74) is 3.45. The molecule has 1 aromatic carbocycles. The molecule has 0 fully saturated rings. The van der Waals surface area contributed by atoms with Crippen LogP contribution in [0.2, 0.25) is 0 Å². The lowest BCUT2D eigenvalue weighted by atomic mass is 10.1. The van der Waals surface area contributed by atoms with Gasteiger partial charge in [-0.25, -0.2) is 0 Å². The van der Waals surface area contributed by atoms with E-state index in [9.17, 15) is 0 Å². The van der Waals surface area contributed by atoms with Crippen LogP contribution in [-0.4, -0.2) is 10.2 Å². The van der Waals surface area contributed by atoms with E-state index in [1.165, 1.54) is 24.1 Å². The monoisotopic (exact) mass is 200 g/mol. The molecule has 0 spiro atoms. The van der Waals surface area contributed by atoms with Crippen molar-refractivity contribution in [1.29, 1.82) is 0 Å². The summed E-state index contributed by atoms with van der Waals surface area (Å²) in [6.07, 6.45) is 3.53. The van der Waals surface area contributed by atoms with Gasteiger partial charge in [0.1, 0.15) is 0 Å². The molecule has 2 aromatic rings. The predicted octanol–water partition coefficient (Wildman–Crippen LogP) is 3.42. The summed E-state index contributed by atoms with van der Waals surface area (Å²) in [4.78, 5) is 0. The molecule has 0 aliphatic carbocycles. The SMILES string of the molecule is CCCCc1cc(-c2ccccc2)n[nH]1. The average Bonchev–Trinajstić information content (AvgIpc) is 2.76. The fourth-order valence-corrected chi connectivity index (χ4v) is 1.61. The summed E-state index contributed by atoms with van der Waals surface area (Å²) in [5, 5.41) is 7.40. The van der Waals surface area contributed by atoms with Crippen molar-refractivity contribution in [3.8, 4) is 11.3 Å². The third kappa shape index (κ3) is 2.46. The number of H-pyrrole nitrogens is 1. The smallest absolute Gasteiger partial charge is 0.0923 e. The molecule has 0 aliphatic rings. The quantitative estimate of drug-likeness (QED) is 0.804. The van der Waals surface area contributed by atoms with Crippen molar-refractivity contribution in [2.45, 2.75) is 26.2 Å². The van der Waals surface area contributed by atoms with Gasteiger partial charge >= 0.3 is 0 Å². The third-order valence-corrected chi connectivity index (χ3v) is 2.50. The molecule has 1 heterocycles. The molecule has 2 rings (SSSR count). The second-order valence-electron chi connectivity index (χ2n) is 3.75. The Bertz CT molecular complexity index is 403. The summed E-state index contributed by atoms with van der Waals surface area (Å²) in [6.45, 7) is 2.20. The van der Waals surface area contributed by atoms with Crippen molar-refractivity contribution >= 4 is 0 Å². The number of aryl methyl sites for hydroxylation is 1. The van der Waals surface area contributed by atoms with Crippen LogP contribution in [0, 0.1) is 0 Å². The van der Waals surface area contributed by atoms with Gasteiger partial charge in [-0.3, -0.25) is 5.10 Å². The Hall–Kier alpha value is -1.57. The van der Waals surface area contributed by atoms with E-state index in [-0.39, 0.29) is 0 Å². The van der Waals surface area contributed by atoms with Crippen molar-refractivity contribution in [3.05, 3.63) is 42.1 Å². The molecule has 0 radical (unpaired) electrons. The van der Waals surface area contributed by atoms with Crippen LogP contribution in [0.25, 0.3) is 11.3 Å². The lowest BCUT2D eigenvalue weighted by Gasteiger charge is -1.93. The number of unbranched alkanes of at least 4 members (excludes halogenated alkanes) is 1. The van der Waals surface area contributed by atoms with Crippen molar-refractivity contribution in [2.24, 2.45) is 0 Å². The van der Waals surface area contributed by atoms with E-state index in [1.54, 1.807) is 0 Å². The van der Waals surface area contributed by atoms with Gasteiger partial charge in [-0.2, -0.15) is 5.10 Å². The van der Waals surface area contributed by atoms with Gasteiger partial charge in [0, 0.05) is 11.3 Å². The zero-order chi connectivity index (χ0) is 10.5. The number of nitrogens with one attached hydrogen (secondary N) is 1. The first-order valence-electron chi connectivity index (χ1n) is 5.50. The number of nitrogens with zero attached hydrogens (tertiary/aromatic N) is 1. The van der Waals surface area contributed by atoms with Gasteiger partial charge in [0.25, 0.3) is 0 Å². The van der Waals surface area contributed by atoms with E-state index in [1.807, 2.05) is 18.2 Å². The number of rotatable bonds is 4. The van der Waals surface area contributed by atoms with E-state index in [0.29, 0.717) is 0 Å².